The van der Waals surface area contributed by atoms with Crippen LogP contribution in [-0.2, 0) is 0 Å². The molecular weight excluding hydrogens is 394 g/mol. The Labute approximate surface area is 181 Å². The maximum Gasteiger partial charge on any atom is 0.0406 e. The minimum atomic E-state index is 0.629. The third-order valence-corrected chi connectivity index (χ3v) is 7.18. The van der Waals surface area contributed by atoms with Gasteiger partial charge < -0.3 is 15.1 Å². The predicted octanol–water partition coefficient (Wildman–Crippen LogP) is 3.66. The molecule has 27 heavy (non-hydrogen) atoms. The lowest BCUT2D eigenvalue weighted by atomic mass is 9.76. The Morgan fingerprint density at radius 1 is 1.11 bits per heavy atom. The molecule has 6 heteroatoms. The number of nitrogens with one attached hydrogen (secondary N) is 1. The molecule has 0 radical (unpaired) electrons. The highest BCUT2D eigenvalue weighted by Crippen LogP contribution is 2.46. The summed E-state index contributed by atoms with van der Waals surface area (Å²) in [7, 11) is 2.34. The van der Waals surface area contributed by atoms with Gasteiger partial charge in [0, 0.05) is 61.3 Å². The zero-order valence-electron chi connectivity index (χ0n) is 16.4. The molecule has 2 fully saturated rings. The number of hydrogen-bond acceptors (Lipinski definition) is 5. The Hall–Kier alpha value is 0.0900. The third kappa shape index (κ3) is 5.58. The van der Waals surface area contributed by atoms with E-state index in [1.807, 2.05) is 0 Å². The monoisotopic (exact) mass is 427 g/mol. The third-order valence-electron chi connectivity index (χ3n) is 6.51. The van der Waals surface area contributed by atoms with Gasteiger partial charge in [-0.1, -0.05) is 23.7 Å². The van der Waals surface area contributed by atoms with Crippen molar-refractivity contribution in [2.45, 2.75) is 37.3 Å². The molecule has 152 valence electrons. The fourth-order valence-corrected chi connectivity index (χ4v) is 5.66. The van der Waals surface area contributed by atoms with E-state index >= 15 is 0 Å². The number of hydrogen-bond donors (Lipinski definition) is 3. The van der Waals surface area contributed by atoms with Crippen molar-refractivity contribution in [3.8, 4) is 0 Å². The zero-order chi connectivity index (χ0) is 19.2. The summed E-state index contributed by atoms with van der Waals surface area (Å²) in [4.78, 5) is 5.27. The van der Waals surface area contributed by atoms with E-state index in [1.54, 1.807) is 0 Å². The number of fused-ring (bicyclic) bond motifs is 2. The largest absolute Gasteiger partial charge is 0.315 e. The lowest BCUT2D eigenvalue weighted by molar-refractivity contribution is 0.0728. The topological polar surface area (TPSA) is 18.5 Å². The van der Waals surface area contributed by atoms with E-state index < -0.39 is 0 Å². The molecule has 2 saturated heterocycles. The van der Waals surface area contributed by atoms with Gasteiger partial charge in [0.25, 0.3) is 0 Å². The van der Waals surface area contributed by atoms with Crippen LogP contribution in [0.25, 0.3) is 0 Å². The standard InChI is InChI=1S/C21H34ClN3S2/c1-24-18-6-7-21(24)20(15-25(11-13-27)10-8-23-9-12-26)19(14-18)16-2-4-17(22)5-3-16/h2-5,18-21,23,26-27H,6-15H2,1H3/t18-,19+,20-,21+/m0/s1. The van der Waals surface area contributed by atoms with Gasteiger partial charge in [-0.2, -0.15) is 25.3 Å². The van der Waals surface area contributed by atoms with Crippen molar-refractivity contribution in [3.05, 3.63) is 34.9 Å². The quantitative estimate of drug-likeness (QED) is 0.391. The first-order chi connectivity index (χ1) is 13.1. The van der Waals surface area contributed by atoms with Crippen LogP contribution in [0.3, 0.4) is 0 Å². The van der Waals surface area contributed by atoms with Gasteiger partial charge in [-0.25, -0.2) is 0 Å². The molecule has 3 rings (SSSR count). The molecule has 0 unspecified atom stereocenters. The first-order valence-corrected chi connectivity index (χ1v) is 11.9. The fourth-order valence-electron chi connectivity index (χ4n) is 5.09. The smallest absolute Gasteiger partial charge is 0.0406 e. The maximum absolute atomic E-state index is 6.15. The normalized spacial score (nSPS) is 28.2. The molecule has 0 spiro atoms. The van der Waals surface area contributed by atoms with Crippen LogP contribution in [0.1, 0.15) is 30.7 Å². The van der Waals surface area contributed by atoms with Crippen molar-refractivity contribution in [1.82, 2.24) is 15.1 Å². The second-order valence-electron chi connectivity index (χ2n) is 8.02. The molecule has 4 atom stereocenters. The van der Waals surface area contributed by atoms with Gasteiger partial charge in [-0.15, -0.1) is 0 Å². The van der Waals surface area contributed by atoms with E-state index in [4.69, 9.17) is 11.6 Å². The van der Waals surface area contributed by atoms with Crippen LogP contribution in [0, 0.1) is 5.92 Å². The molecule has 0 aliphatic carbocycles. The Bertz CT molecular complexity index is 571. The van der Waals surface area contributed by atoms with E-state index in [9.17, 15) is 0 Å². The highest BCUT2D eigenvalue weighted by Gasteiger charge is 2.46. The van der Waals surface area contributed by atoms with Crippen molar-refractivity contribution in [2.75, 3.05) is 51.3 Å². The van der Waals surface area contributed by atoms with Gasteiger partial charge in [0.05, 0.1) is 0 Å². The molecule has 3 nitrogen and oxygen atoms in total. The second kappa shape index (κ2) is 10.7. The highest BCUT2D eigenvalue weighted by molar-refractivity contribution is 7.80. The number of benzene rings is 1. The lowest BCUT2D eigenvalue weighted by Gasteiger charge is -2.45. The molecule has 2 bridgehead atoms. The zero-order valence-corrected chi connectivity index (χ0v) is 18.9. The second-order valence-corrected chi connectivity index (χ2v) is 9.35. The minimum Gasteiger partial charge on any atom is -0.315 e. The molecular formula is C21H34ClN3S2. The SMILES string of the molecule is CN1[C@H]2CC[C@@H]1[C@@H](CN(CCS)CCNCCS)[C@@H](c1ccc(Cl)cc1)C2. The van der Waals surface area contributed by atoms with E-state index in [0.29, 0.717) is 17.9 Å². The molecule has 1 N–H and O–H groups in total. The molecule has 0 amide bonds. The predicted molar refractivity (Wildman–Crippen MR) is 124 cm³/mol. The number of thiol groups is 2. The van der Waals surface area contributed by atoms with Crippen molar-refractivity contribution >= 4 is 36.9 Å². The number of nitrogens with zero attached hydrogens (tertiary/aromatic N) is 2. The van der Waals surface area contributed by atoms with Crippen LogP contribution in [0.2, 0.25) is 5.02 Å². The average molecular weight is 428 g/mol. The molecule has 1 aromatic rings. The molecule has 0 saturated carbocycles. The first kappa shape index (κ1) is 21.8. The summed E-state index contributed by atoms with van der Waals surface area (Å²) < 4.78 is 0. The molecule has 2 aliphatic heterocycles. The van der Waals surface area contributed by atoms with Gasteiger partial charge >= 0.3 is 0 Å². The number of rotatable bonds is 10. The molecule has 1 aromatic carbocycles. The first-order valence-electron chi connectivity index (χ1n) is 10.3. The highest BCUT2D eigenvalue weighted by atomic mass is 35.5. The van der Waals surface area contributed by atoms with Gasteiger partial charge in [0.15, 0.2) is 0 Å². The number of halogens is 1. The van der Waals surface area contributed by atoms with E-state index in [1.165, 1.54) is 24.8 Å². The summed E-state index contributed by atoms with van der Waals surface area (Å²) in [5.41, 5.74) is 1.47. The Kier molecular flexibility index (Phi) is 8.67. The van der Waals surface area contributed by atoms with Crippen LogP contribution in [0.4, 0.5) is 0 Å². The summed E-state index contributed by atoms with van der Waals surface area (Å²) in [6, 6.07) is 10.0. The van der Waals surface area contributed by atoms with Crippen LogP contribution in [-0.4, -0.2) is 73.2 Å². The summed E-state index contributed by atoms with van der Waals surface area (Å²) in [5.74, 6) is 3.10. The summed E-state index contributed by atoms with van der Waals surface area (Å²) in [6.07, 6.45) is 3.95. The van der Waals surface area contributed by atoms with Gasteiger partial charge in [-0.05, 0) is 55.8 Å². The Balaban J connectivity index is 1.73. The van der Waals surface area contributed by atoms with Crippen LogP contribution < -0.4 is 5.32 Å². The average Bonchev–Trinajstić information content (AvgIpc) is 2.91. The minimum absolute atomic E-state index is 0.629. The van der Waals surface area contributed by atoms with E-state index in [0.717, 1.165) is 55.3 Å². The van der Waals surface area contributed by atoms with E-state index in [2.05, 4.69) is 71.7 Å². The van der Waals surface area contributed by atoms with Gasteiger partial charge in [0.1, 0.15) is 0 Å². The fraction of sp³-hybridized carbons (Fsp3) is 0.714. The Morgan fingerprint density at radius 2 is 1.89 bits per heavy atom. The van der Waals surface area contributed by atoms with Crippen molar-refractivity contribution < 1.29 is 0 Å². The van der Waals surface area contributed by atoms with Gasteiger partial charge in [-0.3, -0.25) is 0 Å². The summed E-state index contributed by atoms with van der Waals surface area (Å²) in [5, 5.41) is 4.32. The van der Waals surface area contributed by atoms with Crippen LogP contribution in [0.5, 0.6) is 0 Å². The van der Waals surface area contributed by atoms with Gasteiger partial charge in [0.2, 0.25) is 0 Å². The van der Waals surface area contributed by atoms with E-state index in [-0.39, 0.29) is 0 Å². The lowest BCUT2D eigenvalue weighted by Crippen LogP contribution is -2.50. The van der Waals surface area contributed by atoms with Crippen molar-refractivity contribution in [3.63, 3.8) is 0 Å². The van der Waals surface area contributed by atoms with Crippen molar-refractivity contribution in [1.29, 1.82) is 0 Å². The maximum atomic E-state index is 6.15. The molecule has 0 aromatic heterocycles. The molecule has 2 aliphatic rings. The van der Waals surface area contributed by atoms with Crippen LogP contribution >= 0.6 is 36.9 Å². The molecule has 2 heterocycles. The van der Waals surface area contributed by atoms with Crippen LogP contribution in [0.15, 0.2) is 24.3 Å². The number of piperidine rings is 1. The van der Waals surface area contributed by atoms with Crippen molar-refractivity contribution in [2.24, 2.45) is 5.92 Å². The summed E-state index contributed by atoms with van der Waals surface area (Å²) in [6.45, 7) is 5.28. The Morgan fingerprint density at radius 3 is 2.59 bits per heavy atom. The summed E-state index contributed by atoms with van der Waals surface area (Å²) >= 11 is 15.0.